The van der Waals surface area contributed by atoms with Crippen LogP contribution in [0.4, 0.5) is 5.13 Å². The molecule has 2 aromatic rings. The van der Waals surface area contributed by atoms with Gasteiger partial charge in [0, 0.05) is 12.0 Å². The average molecular weight is 308 g/mol. The lowest BCUT2D eigenvalue weighted by molar-refractivity contribution is 0.823. The third-order valence-corrected chi connectivity index (χ3v) is 5.42. The second-order valence-corrected chi connectivity index (χ2v) is 7.92. The molecule has 3 rings (SSSR count). The Morgan fingerprint density at radius 2 is 1.85 bits per heavy atom. The minimum absolute atomic E-state index is 0.379. The SMILES string of the molecule is CC(C)Nc1nnc(-c2sc(C3CC3)nc2C(C)C)s1. The lowest BCUT2D eigenvalue weighted by Crippen LogP contribution is -2.08. The molecule has 0 unspecified atom stereocenters. The zero-order chi connectivity index (χ0) is 14.3. The van der Waals surface area contributed by atoms with Crippen LogP contribution in [0.1, 0.15) is 63.1 Å². The van der Waals surface area contributed by atoms with Gasteiger partial charge in [0.25, 0.3) is 0 Å². The lowest BCUT2D eigenvalue weighted by Gasteiger charge is -2.03. The molecule has 6 heteroatoms. The van der Waals surface area contributed by atoms with E-state index in [2.05, 4.69) is 43.2 Å². The highest BCUT2D eigenvalue weighted by atomic mass is 32.1. The zero-order valence-corrected chi connectivity index (χ0v) is 13.9. The second kappa shape index (κ2) is 5.41. The van der Waals surface area contributed by atoms with Gasteiger partial charge in [0.15, 0.2) is 5.01 Å². The van der Waals surface area contributed by atoms with Crippen molar-refractivity contribution in [2.45, 2.75) is 58.4 Å². The predicted octanol–water partition coefficient (Wildman–Crippen LogP) is 4.48. The molecule has 0 radical (unpaired) electrons. The van der Waals surface area contributed by atoms with E-state index in [1.807, 2.05) is 11.3 Å². The molecular weight excluding hydrogens is 288 g/mol. The highest BCUT2D eigenvalue weighted by Crippen LogP contribution is 2.46. The molecule has 0 bridgehead atoms. The van der Waals surface area contributed by atoms with Crippen molar-refractivity contribution in [3.8, 4) is 9.88 Å². The summed E-state index contributed by atoms with van der Waals surface area (Å²) in [6.07, 6.45) is 2.58. The van der Waals surface area contributed by atoms with E-state index >= 15 is 0 Å². The van der Waals surface area contributed by atoms with Crippen LogP contribution in [-0.2, 0) is 0 Å². The molecule has 1 N–H and O–H groups in total. The minimum atomic E-state index is 0.379. The molecule has 0 saturated heterocycles. The smallest absolute Gasteiger partial charge is 0.206 e. The monoisotopic (exact) mass is 308 g/mol. The molecule has 1 aliphatic carbocycles. The third kappa shape index (κ3) is 2.86. The Morgan fingerprint density at radius 3 is 2.45 bits per heavy atom. The molecule has 108 valence electrons. The number of hydrogen-bond donors (Lipinski definition) is 1. The van der Waals surface area contributed by atoms with Gasteiger partial charge in [0.1, 0.15) is 0 Å². The molecule has 1 fully saturated rings. The first kappa shape index (κ1) is 13.9. The molecule has 4 nitrogen and oxygen atoms in total. The fourth-order valence-electron chi connectivity index (χ4n) is 2.02. The summed E-state index contributed by atoms with van der Waals surface area (Å²) in [5.41, 5.74) is 1.18. The molecule has 1 aliphatic rings. The predicted molar refractivity (Wildman–Crippen MR) is 85.8 cm³/mol. The maximum Gasteiger partial charge on any atom is 0.206 e. The fourth-order valence-corrected chi connectivity index (χ4v) is 4.38. The van der Waals surface area contributed by atoms with Crippen molar-refractivity contribution in [1.29, 1.82) is 0 Å². The van der Waals surface area contributed by atoms with Gasteiger partial charge >= 0.3 is 0 Å². The van der Waals surface area contributed by atoms with E-state index in [1.165, 1.54) is 28.4 Å². The first-order valence-electron chi connectivity index (χ1n) is 7.15. The normalized spacial score (nSPS) is 15.3. The van der Waals surface area contributed by atoms with E-state index in [0.717, 1.165) is 10.1 Å². The van der Waals surface area contributed by atoms with E-state index < -0.39 is 0 Å². The number of nitrogens with one attached hydrogen (secondary N) is 1. The first-order valence-corrected chi connectivity index (χ1v) is 8.79. The summed E-state index contributed by atoms with van der Waals surface area (Å²) in [4.78, 5) is 6.07. The Bertz CT molecular complexity index is 596. The standard InChI is InChI=1S/C14H20N4S2/c1-7(2)10-11(19-12(16-10)9-5-6-9)13-17-18-14(20-13)15-8(3)4/h7-9H,5-6H2,1-4H3,(H,15,18). The number of nitrogens with zero attached hydrogens (tertiary/aromatic N) is 3. The average Bonchev–Trinajstić information content (AvgIpc) is 2.96. The zero-order valence-electron chi connectivity index (χ0n) is 12.3. The van der Waals surface area contributed by atoms with Gasteiger partial charge in [-0.2, -0.15) is 0 Å². The Labute approximate surface area is 127 Å². The second-order valence-electron chi connectivity index (χ2n) is 5.91. The molecule has 0 aliphatic heterocycles. The summed E-state index contributed by atoms with van der Waals surface area (Å²) in [6, 6.07) is 0.379. The molecule has 0 spiro atoms. The summed E-state index contributed by atoms with van der Waals surface area (Å²) in [5.74, 6) is 1.13. The number of thiazole rings is 1. The van der Waals surface area contributed by atoms with Crippen LogP contribution in [-0.4, -0.2) is 21.2 Å². The van der Waals surface area contributed by atoms with Gasteiger partial charge in [-0.25, -0.2) is 4.98 Å². The van der Waals surface area contributed by atoms with E-state index in [4.69, 9.17) is 4.98 Å². The van der Waals surface area contributed by atoms with Gasteiger partial charge in [-0.3, -0.25) is 0 Å². The Balaban J connectivity index is 1.93. The van der Waals surface area contributed by atoms with E-state index in [1.54, 1.807) is 11.3 Å². The van der Waals surface area contributed by atoms with Crippen LogP contribution in [0.2, 0.25) is 0 Å². The molecule has 2 aromatic heterocycles. The third-order valence-electron chi connectivity index (χ3n) is 3.17. The molecule has 0 atom stereocenters. The number of rotatable bonds is 5. The van der Waals surface area contributed by atoms with Crippen molar-refractivity contribution in [3.63, 3.8) is 0 Å². The minimum Gasteiger partial charge on any atom is -0.358 e. The molecule has 20 heavy (non-hydrogen) atoms. The lowest BCUT2D eigenvalue weighted by atomic mass is 10.1. The van der Waals surface area contributed by atoms with E-state index in [0.29, 0.717) is 17.9 Å². The largest absolute Gasteiger partial charge is 0.358 e. The molecule has 1 saturated carbocycles. The van der Waals surface area contributed by atoms with Crippen LogP contribution in [0.5, 0.6) is 0 Å². The summed E-state index contributed by atoms with van der Waals surface area (Å²) in [6.45, 7) is 8.62. The Morgan fingerprint density at radius 1 is 1.10 bits per heavy atom. The maximum absolute atomic E-state index is 4.86. The van der Waals surface area contributed by atoms with Crippen LogP contribution in [0.15, 0.2) is 0 Å². The Kier molecular flexibility index (Phi) is 3.77. The van der Waals surface area contributed by atoms with Gasteiger partial charge in [0.2, 0.25) is 5.13 Å². The van der Waals surface area contributed by atoms with Crippen molar-refractivity contribution >= 4 is 27.8 Å². The van der Waals surface area contributed by atoms with E-state index in [9.17, 15) is 0 Å². The van der Waals surface area contributed by atoms with Crippen molar-refractivity contribution in [1.82, 2.24) is 15.2 Å². The van der Waals surface area contributed by atoms with Crippen molar-refractivity contribution in [2.24, 2.45) is 0 Å². The summed E-state index contributed by atoms with van der Waals surface area (Å²) >= 11 is 3.44. The fraction of sp³-hybridized carbons (Fsp3) is 0.643. The van der Waals surface area contributed by atoms with Gasteiger partial charge in [-0.15, -0.1) is 21.5 Å². The van der Waals surface area contributed by atoms with Crippen LogP contribution < -0.4 is 5.32 Å². The quantitative estimate of drug-likeness (QED) is 0.884. The van der Waals surface area contributed by atoms with Gasteiger partial charge in [-0.05, 0) is 32.6 Å². The van der Waals surface area contributed by atoms with Crippen LogP contribution in [0, 0.1) is 0 Å². The van der Waals surface area contributed by atoms with Gasteiger partial charge in [-0.1, -0.05) is 25.2 Å². The maximum atomic E-state index is 4.86. The summed E-state index contributed by atoms with van der Waals surface area (Å²) < 4.78 is 0. The van der Waals surface area contributed by atoms with Crippen molar-refractivity contribution < 1.29 is 0 Å². The summed E-state index contributed by atoms with van der Waals surface area (Å²) in [7, 11) is 0. The first-order chi connectivity index (χ1) is 9.54. The van der Waals surface area contributed by atoms with Gasteiger partial charge in [0.05, 0.1) is 15.6 Å². The van der Waals surface area contributed by atoms with Crippen LogP contribution >= 0.6 is 22.7 Å². The van der Waals surface area contributed by atoms with Crippen LogP contribution in [0.3, 0.4) is 0 Å². The topological polar surface area (TPSA) is 50.7 Å². The molecule has 2 heterocycles. The van der Waals surface area contributed by atoms with Gasteiger partial charge < -0.3 is 5.32 Å². The van der Waals surface area contributed by atoms with Crippen molar-refractivity contribution in [3.05, 3.63) is 10.7 Å². The number of hydrogen-bond acceptors (Lipinski definition) is 6. The number of anilines is 1. The van der Waals surface area contributed by atoms with E-state index in [-0.39, 0.29) is 0 Å². The molecular formula is C14H20N4S2. The Hall–Kier alpha value is -1.01. The van der Waals surface area contributed by atoms with Crippen LogP contribution in [0.25, 0.3) is 9.88 Å². The summed E-state index contributed by atoms with van der Waals surface area (Å²) in [5, 5.41) is 15.1. The van der Waals surface area contributed by atoms with Crippen molar-refractivity contribution in [2.75, 3.05) is 5.32 Å². The molecule has 0 aromatic carbocycles. The highest BCUT2D eigenvalue weighted by molar-refractivity contribution is 7.23. The molecule has 0 amide bonds. The number of aromatic nitrogens is 3. The highest BCUT2D eigenvalue weighted by Gasteiger charge is 2.30.